The summed E-state index contributed by atoms with van der Waals surface area (Å²) in [4.78, 5) is 12.4. The predicted octanol–water partition coefficient (Wildman–Crippen LogP) is 0.699. The molecule has 1 N–H and O–H groups in total. The number of likely N-dealkylation sites (N-methyl/N-ethyl adjacent to an activating group) is 1. The van der Waals surface area contributed by atoms with Crippen molar-refractivity contribution >= 4 is 5.96 Å². The molecule has 0 amide bonds. The van der Waals surface area contributed by atoms with Gasteiger partial charge in [0.1, 0.15) is 0 Å². The minimum absolute atomic E-state index is 0.594. The molecular weight excluding hydrogens is 302 g/mol. The quantitative estimate of drug-likeness (QED) is 0.571. The van der Waals surface area contributed by atoms with Gasteiger partial charge in [0.25, 0.3) is 0 Å². The van der Waals surface area contributed by atoms with Crippen molar-refractivity contribution in [2.45, 2.75) is 38.3 Å². The maximum atomic E-state index is 5.49. The molecule has 0 spiro atoms. The molecule has 0 aromatic heterocycles. The highest BCUT2D eigenvalue weighted by Crippen LogP contribution is 2.34. The zero-order valence-electron chi connectivity index (χ0n) is 15.7. The topological polar surface area (TPSA) is 43.3 Å². The van der Waals surface area contributed by atoms with Crippen molar-refractivity contribution in [2.24, 2.45) is 10.9 Å². The van der Waals surface area contributed by atoms with Gasteiger partial charge in [0.2, 0.25) is 0 Å². The molecule has 3 rings (SSSR count). The van der Waals surface area contributed by atoms with Gasteiger partial charge in [-0.25, -0.2) is 0 Å². The molecule has 1 aliphatic carbocycles. The van der Waals surface area contributed by atoms with Gasteiger partial charge in [-0.15, -0.1) is 0 Å². The van der Waals surface area contributed by atoms with Crippen molar-refractivity contribution in [3.05, 3.63) is 0 Å². The Hall–Kier alpha value is -0.850. The average molecular weight is 338 g/mol. The lowest BCUT2D eigenvalue weighted by atomic mass is 10.2. The Morgan fingerprint density at radius 3 is 2.58 bits per heavy atom. The van der Waals surface area contributed by atoms with Crippen molar-refractivity contribution in [1.29, 1.82) is 0 Å². The van der Waals surface area contributed by atoms with Gasteiger partial charge < -0.3 is 19.9 Å². The number of rotatable bonds is 6. The van der Waals surface area contributed by atoms with Crippen LogP contribution in [0.4, 0.5) is 0 Å². The molecule has 3 fully saturated rings. The van der Waals surface area contributed by atoms with Gasteiger partial charge in [-0.05, 0) is 46.2 Å². The molecule has 0 radical (unpaired) electrons. The summed E-state index contributed by atoms with van der Waals surface area (Å²) in [6.07, 6.45) is 3.99. The Labute approximate surface area is 147 Å². The number of hydrogen-bond donors (Lipinski definition) is 1. The Morgan fingerprint density at radius 1 is 1.21 bits per heavy atom. The first-order valence-corrected chi connectivity index (χ1v) is 9.70. The monoisotopic (exact) mass is 337 g/mol. The van der Waals surface area contributed by atoms with Crippen molar-refractivity contribution in [3.8, 4) is 0 Å². The van der Waals surface area contributed by atoms with E-state index >= 15 is 0 Å². The van der Waals surface area contributed by atoms with Crippen LogP contribution in [0.25, 0.3) is 0 Å². The third-order valence-electron chi connectivity index (χ3n) is 5.62. The summed E-state index contributed by atoms with van der Waals surface area (Å²) < 4.78 is 5.49. The fourth-order valence-electron chi connectivity index (χ4n) is 4.00. The number of guanidine groups is 1. The van der Waals surface area contributed by atoms with E-state index in [1.54, 1.807) is 0 Å². The lowest BCUT2D eigenvalue weighted by molar-refractivity contribution is 0.0195. The maximum Gasteiger partial charge on any atom is 0.194 e. The first-order valence-electron chi connectivity index (χ1n) is 9.70. The molecular formula is C18H35N5O. The highest BCUT2D eigenvalue weighted by molar-refractivity contribution is 5.80. The predicted molar refractivity (Wildman–Crippen MR) is 98.5 cm³/mol. The van der Waals surface area contributed by atoms with Crippen molar-refractivity contribution < 1.29 is 4.74 Å². The van der Waals surface area contributed by atoms with E-state index in [1.165, 1.54) is 19.3 Å². The number of nitrogens with zero attached hydrogens (tertiary/aromatic N) is 4. The van der Waals surface area contributed by atoms with Crippen LogP contribution < -0.4 is 5.32 Å². The highest BCUT2D eigenvalue weighted by Gasteiger charge is 2.33. The van der Waals surface area contributed by atoms with Crippen LogP contribution in [0, 0.1) is 5.92 Å². The summed E-state index contributed by atoms with van der Waals surface area (Å²) in [5.74, 6) is 1.96. The lowest BCUT2D eigenvalue weighted by Crippen LogP contribution is -2.47. The molecule has 2 atom stereocenters. The largest absolute Gasteiger partial charge is 0.379 e. The average Bonchev–Trinajstić information content (AvgIpc) is 3.30. The van der Waals surface area contributed by atoms with Gasteiger partial charge in [-0.2, -0.15) is 0 Å². The van der Waals surface area contributed by atoms with Crippen LogP contribution in [0.3, 0.4) is 0 Å². The van der Waals surface area contributed by atoms with Crippen LogP contribution in [-0.2, 0) is 4.74 Å². The summed E-state index contributed by atoms with van der Waals surface area (Å²) in [6.45, 7) is 10.2. The van der Waals surface area contributed by atoms with E-state index in [-0.39, 0.29) is 0 Å². The molecule has 0 aromatic carbocycles. The molecule has 24 heavy (non-hydrogen) atoms. The smallest absolute Gasteiger partial charge is 0.194 e. The molecule has 0 aromatic rings. The Morgan fingerprint density at radius 2 is 1.96 bits per heavy atom. The number of hydrogen-bond acceptors (Lipinski definition) is 4. The van der Waals surface area contributed by atoms with E-state index < -0.39 is 0 Å². The standard InChI is InChI=1S/C18H35N5O/c1-4-19-18(20-13-17(21(2)3)15-5-6-15)23-8-7-16(14-23)22-9-11-24-12-10-22/h15-17H,4-14H2,1-3H3,(H,19,20). The van der Waals surface area contributed by atoms with E-state index in [0.29, 0.717) is 12.1 Å². The summed E-state index contributed by atoms with van der Waals surface area (Å²) in [7, 11) is 4.38. The minimum atomic E-state index is 0.594. The summed E-state index contributed by atoms with van der Waals surface area (Å²) in [5, 5.41) is 3.52. The first kappa shape index (κ1) is 18.0. The van der Waals surface area contributed by atoms with Crippen LogP contribution in [0.1, 0.15) is 26.2 Å². The van der Waals surface area contributed by atoms with Crippen molar-refractivity contribution in [2.75, 3.05) is 66.6 Å². The van der Waals surface area contributed by atoms with Crippen LogP contribution in [0.5, 0.6) is 0 Å². The van der Waals surface area contributed by atoms with E-state index in [9.17, 15) is 0 Å². The van der Waals surface area contributed by atoms with Crippen LogP contribution in [0.2, 0.25) is 0 Å². The van der Waals surface area contributed by atoms with E-state index in [4.69, 9.17) is 9.73 Å². The summed E-state index contributed by atoms with van der Waals surface area (Å²) >= 11 is 0. The van der Waals surface area contributed by atoms with Crippen LogP contribution in [-0.4, -0.2) is 99.3 Å². The Bertz CT molecular complexity index is 416. The number of ether oxygens (including phenoxy) is 1. The molecule has 2 unspecified atom stereocenters. The van der Waals surface area contributed by atoms with Gasteiger partial charge in [0, 0.05) is 44.8 Å². The fraction of sp³-hybridized carbons (Fsp3) is 0.944. The van der Waals surface area contributed by atoms with Gasteiger partial charge in [-0.3, -0.25) is 9.89 Å². The van der Waals surface area contributed by atoms with Gasteiger partial charge in [0.15, 0.2) is 5.96 Å². The SMILES string of the molecule is CCNC(=NCC(C1CC1)N(C)C)N1CCC(N2CCOCC2)C1. The van der Waals surface area contributed by atoms with Crippen molar-refractivity contribution in [3.63, 3.8) is 0 Å². The van der Waals surface area contributed by atoms with E-state index in [2.05, 4.69) is 41.0 Å². The molecule has 6 nitrogen and oxygen atoms in total. The summed E-state index contributed by atoms with van der Waals surface area (Å²) in [6, 6.07) is 1.25. The number of morpholine rings is 1. The lowest BCUT2D eigenvalue weighted by Gasteiger charge is -2.32. The van der Waals surface area contributed by atoms with Crippen LogP contribution in [0.15, 0.2) is 4.99 Å². The Balaban J connectivity index is 1.57. The highest BCUT2D eigenvalue weighted by atomic mass is 16.5. The molecule has 0 bridgehead atoms. The third-order valence-corrected chi connectivity index (χ3v) is 5.62. The van der Waals surface area contributed by atoms with E-state index in [1.807, 2.05) is 0 Å². The summed E-state index contributed by atoms with van der Waals surface area (Å²) in [5.41, 5.74) is 0. The zero-order valence-corrected chi connectivity index (χ0v) is 15.7. The maximum absolute atomic E-state index is 5.49. The van der Waals surface area contributed by atoms with Gasteiger partial charge >= 0.3 is 0 Å². The molecule has 1 saturated carbocycles. The normalized spacial score (nSPS) is 27.8. The first-order chi connectivity index (χ1) is 11.7. The van der Waals surface area contributed by atoms with Crippen LogP contribution >= 0.6 is 0 Å². The van der Waals surface area contributed by atoms with E-state index in [0.717, 1.165) is 64.4 Å². The minimum Gasteiger partial charge on any atom is -0.379 e. The second-order valence-electron chi connectivity index (χ2n) is 7.60. The Kier molecular flexibility index (Phi) is 6.36. The number of aliphatic imine (C=N–C) groups is 1. The second kappa shape index (κ2) is 8.50. The van der Waals surface area contributed by atoms with Gasteiger partial charge in [0.05, 0.1) is 19.8 Å². The number of likely N-dealkylation sites (tertiary alicyclic amines) is 1. The zero-order chi connectivity index (χ0) is 16.9. The molecule has 138 valence electrons. The molecule has 2 saturated heterocycles. The van der Waals surface area contributed by atoms with Gasteiger partial charge in [-0.1, -0.05) is 0 Å². The molecule has 2 heterocycles. The second-order valence-corrected chi connectivity index (χ2v) is 7.60. The van der Waals surface area contributed by atoms with Crippen molar-refractivity contribution in [1.82, 2.24) is 20.0 Å². The number of nitrogens with one attached hydrogen (secondary N) is 1. The molecule has 2 aliphatic heterocycles. The third kappa shape index (κ3) is 4.61. The fourth-order valence-corrected chi connectivity index (χ4v) is 4.00. The molecule has 6 heteroatoms. The molecule has 3 aliphatic rings.